The largest absolute Gasteiger partial charge is 0.494 e. The van der Waals surface area contributed by atoms with E-state index in [1.165, 1.54) is 42.7 Å². The molecule has 0 aliphatic carbocycles. The van der Waals surface area contributed by atoms with Gasteiger partial charge in [-0.25, -0.2) is 0 Å². The van der Waals surface area contributed by atoms with E-state index >= 15 is 0 Å². The number of unbranched alkanes of at least 4 members (excludes halogenated alkanes) is 2. The van der Waals surface area contributed by atoms with E-state index in [1.54, 1.807) is 12.1 Å². The number of H-pyrrole nitrogens is 2. The van der Waals surface area contributed by atoms with E-state index in [-0.39, 0.29) is 17.0 Å². The fourth-order valence-corrected chi connectivity index (χ4v) is 11.7. The highest BCUT2D eigenvalue weighted by Gasteiger charge is 2.24. The molecule has 2 aliphatic rings. The average molecular weight is 893 g/mol. The van der Waals surface area contributed by atoms with Crippen molar-refractivity contribution in [2.75, 3.05) is 88.5 Å². The van der Waals surface area contributed by atoms with Crippen molar-refractivity contribution in [1.29, 1.82) is 0 Å². The summed E-state index contributed by atoms with van der Waals surface area (Å²) in [6.45, 7) is 14.3. The lowest BCUT2D eigenvalue weighted by Gasteiger charge is -2.37. The summed E-state index contributed by atoms with van der Waals surface area (Å²) in [6, 6.07) is 32.8. The number of benzene rings is 4. The van der Waals surface area contributed by atoms with Gasteiger partial charge in [-0.1, -0.05) is 19.1 Å². The molecule has 0 radical (unpaired) electrons. The summed E-state index contributed by atoms with van der Waals surface area (Å²) < 4.78 is 14.9. The zero-order valence-electron chi connectivity index (χ0n) is 36.5. The number of nitrogens with zero attached hydrogens (tertiary/aromatic N) is 4. The molecule has 4 aromatic heterocycles. The molecule has 6 heterocycles. The number of rotatable bonds is 16. The Morgan fingerprint density at radius 1 is 0.531 bits per heavy atom. The topological polar surface area (TPSA) is 97.1 Å². The van der Waals surface area contributed by atoms with Gasteiger partial charge in [0.15, 0.2) is 0 Å². The second kappa shape index (κ2) is 19.2. The van der Waals surface area contributed by atoms with Crippen LogP contribution in [0.4, 0.5) is 11.4 Å². The number of pyridine rings is 2. The molecular formula is C52H56N6O4S2. The molecular weight excluding hydrogens is 837 g/mol. The summed E-state index contributed by atoms with van der Waals surface area (Å²) in [6.07, 6.45) is 4.19. The van der Waals surface area contributed by atoms with Crippen LogP contribution in [-0.4, -0.2) is 98.4 Å². The molecule has 0 atom stereocenters. The van der Waals surface area contributed by atoms with Gasteiger partial charge in [-0.15, -0.1) is 22.7 Å². The number of hydrogen-bond acceptors (Lipinski definition) is 10. The number of hydrogen-bond donors (Lipinski definition) is 2. The first-order valence-electron chi connectivity index (χ1n) is 22.9. The number of piperazine rings is 2. The van der Waals surface area contributed by atoms with E-state index in [1.807, 2.05) is 71.2 Å². The lowest BCUT2D eigenvalue weighted by molar-refractivity contribution is 0.239. The van der Waals surface area contributed by atoms with Crippen LogP contribution in [0.15, 0.2) is 117 Å². The summed E-state index contributed by atoms with van der Waals surface area (Å²) in [7, 11) is 0. The van der Waals surface area contributed by atoms with Gasteiger partial charge < -0.3 is 29.2 Å². The monoisotopic (exact) mass is 892 g/mol. The predicted octanol–water partition coefficient (Wildman–Crippen LogP) is 9.91. The van der Waals surface area contributed by atoms with Gasteiger partial charge >= 0.3 is 0 Å². The lowest BCUT2D eigenvalue weighted by atomic mass is 9.90. The molecule has 330 valence electrons. The zero-order chi connectivity index (χ0) is 43.4. The van der Waals surface area contributed by atoms with E-state index in [0.29, 0.717) is 13.2 Å². The molecule has 12 heteroatoms. The number of anilines is 2. The minimum absolute atomic E-state index is 0.0950. The van der Waals surface area contributed by atoms with E-state index in [0.717, 1.165) is 124 Å². The Hall–Kier alpha value is -5.66. The highest BCUT2D eigenvalue weighted by atomic mass is 32.1. The SMILES string of the molecule is CC(c1ccc(N2CCN(CCCCOc3ccc4ccc(=O)[nH]c4c3)CC2)c2ccsc12)c1ccc(N2CCN(CCCCOc3ccc4ccc(=O)[nH]c4c3)CC2)c2ccsc12. The molecule has 10 rings (SSSR count). The highest BCUT2D eigenvalue weighted by molar-refractivity contribution is 7.18. The summed E-state index contributed by atoms with van der Waals surface area (Å²) >= 11 is 3.76. The maximum Gasteiger partial charge on any atom is 0.248 e. The third-order valence-corrected chi connectivity index (χ3v) is 15.2. The Labute approximate surface area is 381 Å². The number of aromatic amines is 2. The van der Waals surface area contributed by atoms with E-state index in [2.05, 4.69) is 83.6 Å². The third kappa shape index (κ3) is 9.28. The van der Waals surface area contributed by atoms with Crippen molar-refractivity contribution in [1.82, 2.24) is 19.8 Å². The molecule has 0 bridgehead atoms. The molecule has 0 saturated carbocycles. The van der Waals surface area contributed by atoms with Gasteiger partial charge in [0.1, 0.15) is 11.5 Å². The second-order valence-electron chi connectivity index (χ2n) is 17.3. The minimum Gasteiger partial charge on any atom is -0.494 e. The van der Waals surface area contributed by atoms with Crippen molar-refractivity contribution in [2.24, 2.45) is 0 Å². The first-order chi connectivity index (χ1) is 31.4. The van der Waals surface area contributed by atoms with Gasteiger partial charge in [-0.3, -0.25) is 19.4 Å². The molecule has 64 heavy (non-hydrogen) atoms. The normalized spacial score (nSPS) is 15.3. The van der Waals surface area contributed by atoms with Gasteiger partial charge in [0.25, 0.3) is 0 Å². The number of nitrogens with one attached hydrogen (secondary N) is 2. The molecule has 0 amide bonds. The molecule has 4 aromatic carbocycles. The highest BCUT2D eigenvalue weighted by Crippen LogP contribution is 2.43. The van der Waals surface area contributed by atoms with Crippen molar-refractivity contribution >= 4 is 76.0 Å². The molecule has 2 N–H and O–H groups in total. The van der Waals surface area contributed by atoms with Crippen LogP contribution in [0.25, 0.3) is 42.0 Å². The minimum atomic E-state index is -0.0950. The lowest BCUT2D eigenvalue weighted by Crippen LogP contribution is -2.46. The molecule has 0 spiro atoms. The van der Waals surface area contributed by atoms with Crippen LogP contribution in [0.2, 0.25) is 0 Å². The zero-order valence-corrected chi connectivity index (χ0v) is 38.2. The van der Waals surface area contributed by atoms with Crippen LogP contribution >= 0.6 is 22.7 Å². The van der Waals surface area contributed by atoms with Crippen LogP contribution in [0.5, 0.6) is 11.5 Å². The maximum atomic E-state index is 11.7. The van der Waals surface area contributed by atoms with Crippen molar-refractivity contribution in [3.63, 3.8) is 0 Å². The Morgan fingerprint density at radius 2 is 0.969 bits per heavy atom. The fourth-order valence-electron chi connectivity index (χ4n) is 9.66. The standard InChI is InChI=1S/C52H56N6O4S2/c1-36(41-12-14-47(43-18-32-63-51(41)43)57-26-22-55(23-27-57)20-2-4-30-61-39-10-6-37-8-16-49(59)53-45(37)34-39)42-13-15-48(44-19-33-64-52(42)44)58-28-24-56(25-29-58)21-3-5-31-62-40-11-7-38-9-17-50(60)54-46(38)35-40/h6-19,32-36H,2-5,20-31H2,1H3,(H,53,59)(H,54,60). The van der Waals surface area contributed by atoms with Crippen molar-refractivity contribution < 1.29 is 9.47 Å². The Kier molecular flexibility index (Phi) is 12.7. The second-order valence-corrected chi connectivity index (χ2v) is 19.1. The van der Waals surface area contributed by atoms with Crippen LogP contribution < -0.4 is 30.4 Å². The van der Waals surface area contributed by atoms with E-state index in [9.17, 15) is 9.59 Å². The quantitative estimate of drug-likeness (QED) is 0.0927. The molecule has 0 unspecified atom stereocenters. The predicted molar refractivity (Wildman–Crippen MR) is 267 cm³/mol. The van der Waals surface area contributed by atoms with Crippen LogP contribution in [0.3, 0.4) is 0 Å². The van der Waals surface area contributed by atoms with Gasteiger partial charge in [-0.05, 0) is 132 Å². The van der Waals surface area contributed by atoms with E-state index < -0.39 is 0 Å². The molecule has 10 nitrogen and oxygen atoms in total. The Bertz CT molecular complexity index is 2790. The van der Waals surface area contributed by atoms with Gasteiger partial charge in [0, 0.05) is 114 Å². The van der Waals surface area contributed by atoms with Crippen molar-refractivity contribution in [3.05, 3.63) is 140 Å². The summed E-state index contributed by atoms with van der Waals surface area (Å²) in [5, 5.41) is 9.32. The van der Waals surface area contributed by atoms with Gasteiger partial charge in [-0.2, -0.15) is 0 Å². The molecule has 2 aliphatic heterocycles. The van der Waals surface area contributed by atoms with Crippen LogP contribution in [0, 0.1) is 0 Å². The number of thiophene rings is 2. The maximum absolute atomic E-state index is 11.7. The average Bonchev–Trinajstić information content (AvgIpc) is 4.03. The smallest absolute Gasteiger partial charge is 0.248 e. The fraction of sp³-hybridized carbons (Fsp3) is 0.346. The van der Waals surface area contributed by atoms with Crippen LogP contribution in [0.1, 0.15) is 49.7 Å². The number of ether oxygens (including phenoxy) is 2. The molecule has 8 aromatic rings. The molecule has 2 fully saturated rings. The number of fused-ring (bicyclic) bond motifs is 4. The van der Waals surface area contributed by atoms with Crippen molar-refractivity contribution in [3.8, 4) is 11.5 Å². The number of aromatic nitrogens is 2. The summed E-state index contributed by atoms with van der Waals surface area (Å²) in [4.78, 5) is 39.6. The van der Waals surface area contributed by atoms with Gasteiger partial charge in [0.05, 0.1) is 24.2 Å². The summed E-state index contributed by atoms with van der Waals surface area (Å²) in [5.41, 5.74) is 6.99. The molecule has 2 saturated heterocycles. The third-order valence-electron chi connectivity index (χ3n) is 13.3. The first-order valence-corrected chi connectivity index (χ1v) is 24.7. The summed E-state index contributed by atoms with van der Waals surface area (Å²) in [5.74, 6) is 1.88. The van der Waals surface area contributed by atoms with Gasteiger partial charge in [0.2, 0.25) is 11.1 Å². The van der Waals surface area contributed by atoms with Crippen LogP contribution in [-0.2, 0) is 0 Å². The van der Waals surface area contributed by atoms with Crippen molar-refractivity contribution in [2.45, 2.75) is 38.5 Å². The Morgan fingerprint density at radius 3 is 1.42 bits per heavy atom. The first kappa shape index (κ1) is 42.3. The van der Waals surface area contributed by atoms with E-state index in [4.69, 9.17) is 9.47 Å². The Balaban J connectivity index is 0.697.